The molecular formula is C17H18N2O2S2. The number of carbonyl (C=O) groups excluding carboxylic acids is 1. The molecule has 0 unspecified atom stereocenters. The first-order chi connectivity index (χ1) is 11.1. The van der Waals surface area contributed by atoms with Crippen LogP contribution in [-0.2, 0) is 11.2 Å². The quantitative estimate of drug-likeness (QED) is 0.506. The third kappa shape index (κ3) is 3.83. The second-order valence-electron chi connectivity index (χ2n) is 4.50. The lowest BCUT2D eigenvalue weighted by molar-refractivity contribution is 0.0527. The first-order valence-electron chi connectivity index (χ1n) is 7.20. The van der Waals surface area contributed by atoms with E-state index < -0.39 is 0 Å². The molecule has 23 heavy (non-hydrogen) atoms. The molecule has 0 spiro atoms. The van der Waals surface area contributed by atoms with Crippen molar-refractivity contribution in [2.45, 2.75) is 20.3 Å². The molecule has 0 aliphatic heterocycles. The van der Waals surface area contributed by atoms with Crippen molar-refractivity contribution in [2.75, 3.05) is 6.61 Å². The molecular weight excluding hydrogens is 328 g/mol. The molecule has 0 bridgehead atoms. The van der Waals surface area contributed by atoms with Gasteiger partial charge in [0, 0.05) is 21.5 Å². The summed E-state index contributed by atoms with van der Waals surface area (Å²) < 4.78 is 5.13. The van der Waals surface area contributed by atoms with Crippen LogP contribution in [0.1, 0.15) is 39.5 Å². The van der Waals surface area contributed by atoms with E-state index in [0.717, 1.165) is 20.3 Å². The van der Waals surface area contributed by atoms with Gasteiger partial charge in [-0.25, -0.2) is 9.79 Å². The molecule has 0 N–H and O–H groups in total. The summed E-state index contributed by atoms with van der Waals surface area (Å²) in [7, 11) is 0. The second kappa shape index (κ2) is 7.99. The van der Waals surface area contributed by atoms with Gasteiger partial charge in [-0.05, 0) is 32.2 Å². The summed E-state index contributed by atoms with van der Waals surface area (Å²) in [5.41, 5.74) is 1.34. The summed E-state index contributed by atoms with van der Waals surface area (Å²) in [4.78, 5) is 22.8. The minimum absolute atomic E-state index is 0.326. The average Bonchev–Trinajstić information content (AvgIpc) is 3.16. The molecule has 0 aliphatic carbocycles. The lowest BCUT2D eigenvalue weighted by Gasteiger charge is -2.03. The molecule has 6 heteroatoms. The number of aliphatic imine (C=N–C) groups is 2. The van der Waals surface area contributed by atoms with Crippen LogP contribution in [0.2, 0.25) is 0 Å². The van der Waals surface area contributed by atoms with Gasteiger partial charge < -0.3 is 4.74 Å². The van der Waals surface area contributed by atoms with Crippen LogP contribution in [0.5, 0.6) is 0 Å². The Bertz CT molecular complexity index is 757. The summed E-state index contributed by atoms with van der Waals surface area (Å²) in [5, 5.41) is 1.33. The van der Waals surface area contributed by atoms with Gasteiger partial charge in [0.25, 0.3) is 0 Å². The monoisotopic (exact) mass is 346 g/mol. The molecule has 0 amide bonds. The van der Waals surface area contributed by atoms with Crippen molar-refractivity contribution in [1.29, 1.82) is 0 Å². The smallest absolute Gasteiger partial charge is 0.341 e. The highest BCUT2D eigenvalue weighted by molar-refractivity contribution is 7.20. The minimum atomic E-state index is -0.366. The first kappa shape index (κ1) is 17.3. The SMILES string of the molecule is C=Cc1ccc(/C=N/c2sc(N=C)c(C(=O)OCC)c2CC)s1. The maximum Gasteiger partial charge on any atom is 0.341 e. The Morgan fingerprint density at radius 2 is 2.00 bits per heavy atom. The fraction of sp³-hybridized carbons (Fsp3) is 0.235. The molecule has 2 heterocycles. The van der Waals surface area contributed by atoms with E-state index in [4.69, 9.17) is 4.74 Å². The van der Waals surface area contributed by atoms with Crippen molar-refractivity contribution < 1.29 is 9.53 Å². The second-order valence-corrected chi connectivity index (χ2v) is 6.62. The molecule has 2 rings (SSSR count). The van der Waals surface area contributed by atoms with Gasteiger partial charge in [0.1, 0.15) is 15.6 Å². The van der Waals surface area contributed by atoms with Crippen LogP contribution in [0.3, 0.4) is 0 Å². The lowest BCUT2D eigenvalue weighted by Crippen LogP contribution is -2.06. The number of hydrogen-bond donors (Lipinski definition) is 0. The van der Waals surface area contributed by atoms with E-state index in [-0.39, 0.29) is 5.97 Å². The van der Waals surface area contributed by atoms with E-state index in [9.17, 15) is 4.79 Å². The van der Waals surface area contributed by atoms with Gasteiger partial charge in [-0.3, -0.25) is 4.99 Å². The molecule has 4 nitrogen and oxygen atoms in total. The first-order valence-corrected chi connectivity index (χ1v) is 8.83. The minimum Gasteiger partial charge on any atom is -0.462 e. The van der Waals surface area contributed by atoms with Crippen LogP contribution in [-0.4, -0.2) is 25.5 Å². The Hall–Kier alpha value is -2.05. The fourth-order valence-corrected chi connectivity index (χ4v) is 3.83. The van der Waals surface area contributed by atoms with Gasteiger partial charge in [-0.15, -0.1) is 11.3 Å². The number of esters is 1. The third-order valence-corrected chi connectivity index (χ3v) is 5.19. The Morgan fingerprint density at radius 3 is 2.57 bits per heavy atom. The van der Waals surface area contributed by atoms with E-state index in [1.807, 2.05) is 25.1 Å². The summed E-state index contributed by atoms with van der Waals surface area (Å²) in [5.74, 6) is -0.366. The molecule has 0 radical (unpaired) electrons. The summed E-state index contributed by atoms with van der Waals surface area (Å²) in [6.07, 6.45) is 4.28. The zero-order valence-electron chi connectivity index (χ0n) is 13.2. The number of thiophene rings is 2. The zero-order valence-corrected chi connectivity index (χ0v) is 14.8. The van der Waals surface area contributed by atoms with Crippen LogP contribution >= 0.6 is 22.7 Å². The predicted molar refractivity (Wildman–Crippen MR) is 101 cm³/mol. The fourth-order valence-electron chi connectivity index (χ4n) is 2.07. The maximum atomic E-state index is 12.2. The van der Waals surface area contributed by atoms with E-state index in [1.54, 1.807) is 24.5 Å². The van der Waals surface area contributed by atoms with Crippen molar-refractivity contribution in [2.24, 2.45) is 9.98 Å². The van der Waals surface area contributed by atoms with Gasteiger partial charge >= 0.3 is 5.97 Å². The lowest BCUT2D eigenvalue weighted by atomic mass is 10.1. The summed E-state index contributed by atoms with van der Waals surface area (Å²) in [6, 6.07) is 3.98. The zero-order chi connectivity index (χ0) is 16.8. The molecule has 0 saturated carbocycles. The molecule has 0 saturated heterocycles. The van der Waals surface area contributed by atoms with Crippen LogP contribution in [0, 0.1) is 0 Å². The number of ether oxygens (including phenoxy) is 1. The normalized spacial score (nSPS) is 10.9. The Morgan fingerprint density at radius 1 is 1.26 bits per heavy atom. The molecule has 0 atom stereocenters. The van der Waals surface area contributed by atoms with Crippen molar-refractivity contribution in [3.63, 3.8) is 0 Å². The van der Waals surface area contributed by atoms with E-state index in [1.165, 1.54) is 11.3 Å². The predicted octanol–water partition coefficient (Wildman–Crippen LogP) is 5.27. The van der Waals surface area contributed by atoms with Crippen LogP contribution < -0.4 is 0 Å². The van der Waals surface area contributed by atoms with E-state index in [0.29, 0.717) is 23.6 Å². The largest absolute Gasteiger partial charge is 0.462 e. The van der Waals surface area contributed by atoms with Gasteiger partial charge in [0.05, 0.1) is 6.61 Å². The van der Waals surface area contributed by atoms with Crippen molar-refractivity contribution >= 4 is 57.7 Å². The highest BCUT2D eigenvalue weighted by Gasteiger charge is 2.23. The van der Waals surface area contributed by atoms with Gasteiger partial charge in [-0.2, -0.15) is 0 Å². The molecule has 0 aliphatic rings. The summed E-state index contributed by atoms with van der Waals surface area (Å²) >= 11 is 2.96. The van der Waals surface area contributed by atoms with Gasteiger partial charge in [0.15, 0.2) is 0 Å². The molecule has 0 fully saturated rings. The van der Waals surface area contributed by atoms with Crippen LogP contribution in [0.25, 0.3) is 6.08 Å². The summed E-state index contributed by atoms with van der Waals surface area (Å²) in [6.45, 7) is 11.4. The average molecular weight is 346 g/mol. The number of hydrogen-bond acceptors (Lipinski definition) is 6. The van der Waals surface area contributed by atoms with Gasteiger partial charge in [0.2, 0.25) is 0 Å². The van der Waals surface area contributed by atoms with E-state index in [2.05, 4.69) is 23.3 Å². The molecule has 2 aromatic heterocycles. The number of rotatable bonds is 7. The van der Waals surface area contributed by atoms with Gasteiger partial charge in [-0.1, -0.05) is 30.9 Å². The Kier molecular flexibility index (Phi) is 6.01. The van der Waals surface area contributed by atoms with Crippen LogP contribution in [0.4, 0.5) is 10.0 Å². The van der Waals surface area contributed by atoms with Crippen molar-refractivity contribution in [3.05, 3.63) is 39.6 Å². The highest BCUT2D eigenvalue weighted by atomic mass is 32.1. The highest BCUT2D eigenvalue weighted by Crippen LogP contribution is 2.42. The molecule has 120 valence electrons. The molecule has 0 aromatic carbocycles. The van der Waals surface area contributed by atoms with Crippen molar-refractivity contribution in [1.82, 2.24) is 0 Å². The van der Waals surface area contributed by atoms with Crippen LogP contribution in [0.15, 0.2) is 28.7 Å². The Labute approximate surface area is 143 Å². The maximum absolute atomic E-state index is 12.2. The number of carbonyl (C=O) groups is 1. The van der Waals surface area contributed by atoms with Crippen molar-refractivity contribution in [3.8, 4) is 0 Å². The standard InChI is InChI=1S/C17H18N2O2S2/c1-5-11-8-9-12(22-11)10-19-15-13(6-2)14(16(18-4)23-15)17(20)21-7-3/h5,8-10H,1,4,6-7H2,2-3H3/b19-10+. The molecule has 2 aromatic rings. The topological polar surface area (TPSA) is 51.0 Å². The number of nitrogens with zero attached hydrogens (tertiary/aromatic N) is 2. The third-order valence-electron chi connectivity index (χ3n) is 3.10. The Balaban J connectivity index is 2.40. The van der Waals surface area contributed by atoms with E-state index >= 15 is 0 Å².